The predicted molar refractivity (Wildman–Crippen MR) is 110 cm³/mol. The second-order valence-electron chi connectivity index (χ2n) is 7.47. The number of hydrogen-bond acceptors (Lipinski definition) is 4. The molecule has 2 aromatic rings. The zero-order valence-corrected chi connectivity index (χ0v) is 16.4. The highest BCUT2D eigenvalue weighted by atomic mass is 16.5. The Hall–Kier alpha value is -2.86. The van der Waals surface area contributed by atoms with E-state index in [1.165, 1.54) is 0 Å². The smallest absolute Gasteiger partial charge is 0.251 e. The van der Waals surface area contributed by atoms with E-state index in [9.17, 15) is 9.59 Å². The molecule has 2 heterocycles. The summed E-state index contributed by atoms with van der Waals surface area (Å²) in [6, 6.07) is 14.9. The number of nitrogens with zero attached hydrogens (tertiary/aromatic N) is 1. The topological polar surface area (TPSA) is 67.9 Å². The summed E-state index contributed by atoms with van der Waals surface area (Å²) in [5.74, 6) is 0.785. The first-order chi connectivity index (χ1) is 14.2. The van der Waals surface area contributed by atoms with Gasteiger partial charge in [-0.1, -0.05) is 12.1 Å². The van der Waals surface area contributed by atoms with Crippen LogP contribution < -0.4 is 15.0 Å². The molecule has 0 radical (unpaired) electrons. The molecule has 152 valence electrons. The Morgan fingerprint density at radius 2 is 1.90 bits per heavy atom. The van der Waals surface area contributed by atoms with Crippen molar-refractivity contribution in [1.29, 1.82) is 0 Å². The predicted octanol–water partition coefficient (Wildman–Crippen LogP) is 3.30. The molecule has 1 N–H and O–H groups in total. The maximum atomic E-state index is 12.4. The lowest BCUT2D eigenvalue weighted by atomic mass is 10.1. The minimum Gasteiger partial charge on any atom is -0.491 e. The zero-order valence-electron chi connectivity index (χ0n) is 16.4. The van der Waals surface area contributed by atoms with Crippen molar-refractivity contribution in [2.45, 2.75) is 38.3 Å². The molecule has 0 saturated carbocycles. The van der Waals surface area contributed by atoms with Crippen molar-refractivity contribution >= 4 is 17.5 Å². The quantitative estimate of drug-likeness (QED) is 0.782. The van der Waals surface area contributed by atoms with Crippen LogP contribution in [0, 0.1) is 0 Å². The first-order valence-corrected chi connectivity index (χ1v) is 10.2. The number of ether oxygens (including phenoxy) is 2. The van der Waals surface area contributed by atoms with Gasteiger partial charge in [-0.15, -0.1) is 0 Å². The van der Waals surface area contributed by atoms with Crippen LogP contribution in [-0.2, 0) is 16.1 Å². The zero-order chi connectivity index (χ0) is 20.1. The van der Waals surface area contributed by atoms with Gasteiger partial charge in [0.05, 0.1) is 6.10 Å². The summed E-state index contributed by atoms with van der Waals surface area (Å²) in [6.07, 6.45) is 3.83. The molecule has 1 atom stereocenters. The van der Waals surface area contributed by atoms with Crippen LogP contribution in [0.3, 0.4) is 0 Å². The third kappa shape index (κ3) is 4.95. The van der Waals surface area contributed by atoms with Crippen molar-refractivity contribution in [2.75, 3.05) is 24.7 Å². The number of nitrogens with one attached hydrogen (secondary N) is 1. The van der Waals surface area contributed by atoms with Crippen LogP contribution in [0.5, 0.6) is 5.75 Å². The molecule has 2 saturated heterocycles. The lowest BCUT2D eigenvalue weighted by Gasteiger charge is -2.16. The molecule has 4 rings (SSSR count). The van der Waals surface area contributed by atoms with Crippen LogP contribution in [0.4, 0.5) is 5.69 Å². The van der Waals surface area contributed by atoms with Gasteiger partial charge in [0.25, 0.3) is 5.91 Å². The largest absolute Gasteiger partial charge is 0.491 e. The fraction of sp³-hybridized carbons (Fsp3) is 0.391. The van der Waals surface area contributed by atoms with Crippen LogP contribution >= 0.6 is 0 Å². The Morgan fingerprint density at radius 1 is 1.10 bits per heavy atom. The second kappa shape index (κ2) is 9.09. The minimum absolute atomic E-state index is 0.130. The normalized spacial score (nSPS) is 18.8. The Bertz CT molecular complexity index is 842. The molecule has 2 amide bonds. The maximum absolute atomic E-state index is 12.4. The lowest BCUT2D eigenvalue weighted by Crippen LogP contribution is -2.24. The number of carbonyl (C=O) groups is 2. The Kier molecular flexibility index (Phi) is 6.10. The minimum atomic E-state index is -0.130. The van der Waals surface area contributed by atoms with Gasteiger partial charge < -0.3 is 19.7 Å². The molecule has 2 aliphatic rings. The van der Waals surface area contributed by atoms with E-state index in [0.717, 1.165) is 49.4 Å². The summed E-state index contributed by atoms with van der Waals surface area (Å²) in [5.41, 5.74) is 2.50. The van der Waals surface area contributed by atoms with Crippen molar-refractivity contribution in [2.24, 2.45) is 0 Å². The van der Waals surface area contributed by atoms with Crippen LogP contribution in [-0.4, -0.2) is 37.7 Å². The van der Waals surface area contributed by atoms with E-state index >= 15 is 0 Å². The molecule has 0 spiro atoms. The third-order valence-corrected chi connectivity index (χ3v) is 5.35. The summed E-state index contributed by atoms with van der Waals surface area (Å²) in [6.45, 7) is 2.57. The first-order valence-electron chi connectivity index (χ1n) is 10.2. The van der Waals surface area contributed by atoms with Crippen LogP contribution in [0.2, 0.25) is 0 Å². The standard InChI is InChI=1S/C23H26N2O4/c26-22-4-1-13-25(22)19-9-5-17(6-10-19)15-24-23(27)18-7-11-20(12-8-18)29-16-21-3-2-14-28-21/h5-12,21H,1-4,13-16H2,(H,24,27). The van der Waals surface area contributed by atoms with E-state index in [1.54, 1.807) is 12.1 Å². The highest BCUT2D eigenvalue weighted by molar-refractivity contribution is 5.95. The molecule has 29 heavy (non-hydrogen) atoms. The van der Waals surface area contributed by atoms with Gasteiger partial charge in [0.2, 0.25) is 5.91 Å². The molecule has 2 fully saturated rings. The first kappa shape index (κ1) is 19.5. The van der Waals surface area contributed by atoms with Gasteiger partial charge in [0.15, 0.2) is 0 Å². The highest BCUT2D eigenvalue weighted by Gasteiger charge is 2.21. The van der Waals surface area contributed by atoms with Gasteiger partial charge in [-0.2, -0.15) is 0 Å². The van der Waals surface area contributed by atoms with E-state index in [2.05, 4.69) is 5.32 Å². The van der Waals surface area contributed by atoms with Gasteiger partial charge >= 0.3 is 0 Å². The van der Waals surface area contributed by atoms with Gasteiger partial charge in [0.1, 0.15) is 12.4 Å². The maximum Gasteiger partial charge on any atom is 0.251 e. The van der Waals surface area contributed by atoms with E-state index in [4.69, 9.17) is 9.47 Å². The van der Waals surface area contributed by atoms with E-state index in [1.807, 2.05) is 41.3 Å². The summed E-state index contributed by atoms with van der Waals surface area (Å²) in [4.78, 5) is 26.0. The summed E-state index contributed by atoms with van der Waals surface area (Å²) in [5, 5.41) is 2.93. The molecule has 6 nitrogen and oxygen atoms in total. The summed E-state index contributed by atoms with van der Waals surface area (Å²) in [7, 11) is 0. The fourth-order valence-corrected chi connectivity index (χ4v) is 3.67. The van der Waals surface area contributed by atoms with Gasteiger partial charge in [-0.3, -0.25) is 9.59 Å². The van der Waals surface area contributed by atoms with Crippen molar-refractivity contribution in [1.82, 2.24) is 5.32 Å². The van der Waals surface area contributed by atoms with Crippen LogP contribution in [0.15, 0.2) is 48.5 Å². The fourth-order valence-electron chi connectivity index (χ4n) is 3.67. The van der Waals surface area contributed by atoms with E-state index < -0.39 is 0 Å². The van der Waals surface area contributed by atoms with Crippen LogP contribution in [0.25, 0.3) is 0 Å². The van der Waals surface area contributed by atoms with Gasteiger partial charge in [-0.25, -0.2) is 0 Å². The molecular weight excluding hydrogens is 368 g/mol. The number of hydrogen-bond donors (Lipinski definition) is 1. The second-order valence-corrected chi connectivity index (χ2v) is 7.47. The highest BCUT2D eigenvalue weighted by Crippen LogP contribution is 2.21. The molecule has 0 bridgehead atoms. The number of anilines is 1. The summed E-state index contributed by atoms with van der Waals surface area (Å²) < 4.78 is 11.3. The molecule has 0 aliphatic carbocycles. The molecule has 2 aliphatic heterocycles. The number of carbonyl (C=O) groups excluding carboxylic acids is 2. The van der Waals surface area contributed by atoms with Crippen molar-refractivity contribution in [3.8, 4) is 5.75 Å². The molecule has 6 heteroatoms. The van der Waals surface area contributed by atoms with Crippen LogP contribution in [0.1, 0.15) is 41.6 Å². The van der Waals surface area contributed by atoms with E-state index in [-0.39, 0.29) is 17.9 Å². The third-order valence-electron chi connectivity index (χ3n) is 5.35. The van der Waals surface area contributed by atoms with E-state index in [0.29, 0.717) is 25.1 Å². The Morgan fingerprint density at radius 3 is 2.55 bits per heavy atom. The number of benzene rings is 2. The summed E-state index contributed by atoms with van der Waals surface area (Å²) >= 11 is 0. The SMILES string of the molecule is O=C(NCc1ccc(N2CCCC2=O)cc1)c1ccc(OCC2CCCO2)cc1. The monoisotopic (exact) mass is 394 g/mol. The average Bonchev–Trinajstić information content (AvgIpc) is 3.43. The van der Waals surface area contributed by atoms with Crippen molar-refractivity contribution < 1.29 is 19.1 Å². The van der Waals surface area contributed by atoms with Gasteiger partial charge in [0, 0.05) is 37.4 Å². The average molecular weight is 394 g/mol. The Balaban J connectivity index is 1.26. The lowest BCUT2D eigenvalue weighted by molar-refractivity contribution is -0.117. The number of rotatable bonds is 7. The molecule has 1 unspecified atom stereocenters. The van der Waals surface area contributed by atoms with Gasteiger partial charge in [-0.05, 0) is 61.2 Å². The number of amides is 2. The molecule has 0 aromatic heterocycles. The van der Waals surface area contributed by atoms with Crippen molar-refractivity contribution in [3.63, 3.8) is 0 Å². The molecular formula is C23H26N2O4. The molecule has 2 aromatic carbocycles. The Labute approximate surface area is 170 Å². The van der Waals surface area contributed by atoms with Crippen molar-refractivity contribution in [3.05, 3.63) is 59.7 Å².